The van der Waals surface area contributed by atoms with Gasteiger partial charge in [-0.3, -0.25) is 4.79 Å². The lowest BCUT2D eigenvalue weighted by molar-refractivity contribution is 0.0939. The predicted octanol–water partition coefficient (Wildman–Crippen LogP) is 6.16. The highest BCUT2D eigenvalue weighted by Crippen LogP contribution is 2.33. The molecule has 0 radical (unpaired) electrons. The lowest BCUT2D eigenvalue weighted by atomic mass is 10.1. The van der Waals surface area contributed by atoms with Crippen LogP contribution in [0.25, 0.3) is 11.0 Å². The number of fused-ring (bicyclic) bond motifs is 2. The van der Waals surface area contributed by atoms with Crippen LogP contribution in [-0.2, 0) is 12.8 Å². The molecular weight excluding hydrogens is 455 g/mol. The number of H-pyrrole nitrogens is 1. The number of para-hydroxylation sites is 1. The van der Waals surface area contributed by atoms with Crippen molar-refractivity contribution >= 4 is 63.4 Å². The number of aromatic amines is 1. The molecule has 5 nitrogen and oxygen atoms in total. The van der Waals surface area contributed by atoms with Crippen LogP contribution in [0.4, 0.5) is 11.6 Å². The second-order valence-electron chi connectivity index (χ2n) is 7.50. The van der Waals surface area contributed by atoms with Crippen molar-refractivity contribution in [3.05, 3.63) is 86.4 Å². The Morgan fingerprint density at radius 1 is 0.935 bits per heavy atom. The van der Waals surface area contributed by atoms with E-state index >= 15 is 0 Å². The molecule has 5 rings (SSSR count). The highest BCUT2D eigenvalue weighted by atomic mass is 35.5. The maximum Gasteiger partial charge on any atom is 0.253 e. The van der Waals surface area contributed by atoms with Gasteiger partial charge in [0.15, 0.2) is 0 Å². The smallest absolute Gasteiger partial charge is 0.253 e. The summed E-state index contributed by atoms with van der Waals surface area (Å²) in [6.07, 6.45) is 1.63. The van der Waals surface area contributed by atoms with E-state index in [1.165, 1.54) is 11.1 Å². The van der Waals surface area contributed by atoms with E-state index in [0.29, 0.717) is 43.3 Å². The normalized spacial score (nSPS) is 13.4. The molecule has 1 aliphatic rings. The van der Waals surface area contributed by atoms with Gasteiger partial charge in [-0.2, -0.15) is 0 Å². The predicted molar refractivity (Wildman–Crippen MR) is 126 cm³/mol. The van der Waals surface area contributed by atoms with Gasteiger partial charge in [0.1, 0.15) is 0 Å². The summed E-state index contributed by atoms with van der Waals surface area (Å²) in [6, 6.07) is 16.9. The molecule has 1 heterocycles. The SMILES string of the molecule is O=C(NC1Cc2ccccc2C1)c1cc2nc(Nc3c(Cl)cccc3Cl)[nH]c2cc1Cl. The van der Waals surface area contributed by atoms with Gasteiger partial charge in [0.2, 0.25) is 5.95 Å². The zero-order valence-electron chi connectivity index (χ0n) is 16.2. The number of amides is 1. The van der Waals surface area contributed by atoms with Gasteiger partial charge < -0.3 is 15.6 Å². The number of hydrogen-bond donors (Lipinski definition) is 3. The molecule has 0 saturated heterocycles. The highest BCUT2D eigenvalue weighted by Gasteiger charge is 2.24. The van der Waals surface area contributed by atoms with Gasteiger partial charge in [-0.15, -0.1) is 0 Å². The van der Waals surface area contributed by atoms with Crippen molar-refractivity contribution < 1.29 is 4.79 Å². The summed E-state index contributed by atoms with van der Waals surface area (Å²) in [6.45, 7) is 0. The van der Waals surface area contributed by atoms with Gasteiger partial charge in [-0.1, -0.05) is 65.1 Å². The molecule has 0 bridgehead atoms. The third-order valence-corrected chi connectivity index (χ3v) is 6.35. The van der Waals surface area contributed by atoms with Gasteiger partial charge in [0.25, 0.3) is 5.91 Å². The number of halogens is 3. The lowest BCUT2D eigenvalue weighted by Crippen LogP contribution is -2.35. The van der Waals surface area contributed by atoms with E-state index in [-0.39, 0.29) is 11.9 Å². The van der Waals surface area contributed by atoms with Crippen molar-refractivity contribution in [2.45, 2.75) is 18.9 Å². The molecule has 0 fully saturated rings. The number of rotatable bonds is 4. The third-order valence-electron chi connectivity index (χ3n) is 5.41. The molecule has 31 heavy (non-hydrogen) atoms. The van der Waals surface area contributed by atoms with Crippen molar-refractivity contribution in [3.8, 4) is 0 Å². The van der Waals surface area contributed by atoms with Crippen LogP contribution in [0.1, 0.15) is 21.5 Å². The molecule has 3 aromatic carbocycles. The Labute approximate surface area is 193 Å². The first kappa shape index (κ1) is 20.2. The first-order valence-corrected chi connectivity index (χ1v) is 10.9. The number of nitrogens with one attached hydrogen (secondary N) is 3. The zero-order valence-corrected chi connectivity index (χ0v) is 18.4. The van der Waals surface area contributed by atoms with Gasteiger partial charge >= 0.3 is 0 Å². The molecule has 3 N–H and O–H groups in total. The fourth-order valence-corrected chi connectivity index (χ4v) is 4.66. The third kappa shape index (κ3) is 3.97. The topological polar surface area (TPSA) is 69.8 Å². The van der Waals surface area contributed by atoms with Crippen LogP contribution < -0.4 is 10.6 Å². The van der Waals surface area contributed by atoms with E-state index in [2.05, 4.69) is 32.7 Å². The van der Waals surface area contributed by atoms with Crippen LogP contribution in [0.5, 0.6) is 0 Å². The van der Waals surface area contributed by atoms with Crippen molar-refractivity contribution in [2.24, 2.45) is 0 Å². The standard InChI is InChI=1S/C23H17Cl3N4O/c24-16-6-3-7-17(25)21(16)30-23-28-19-10-15(18(26)11-20(19)29-23)22(31)27-14-8-12-4-1-2-5-13(12)9-14/h1-7,10-11,14H,8-9H2,(H,27,31)(H2,28,29,30). The van der Waals surface area contributed by atoms with Gasteiger partial charge in [0.05, 0.1) is 37.4 Å². The summed E-state index contributed by atoms with van der Waals surface area (Å²) in [5.41, 5.74) is 4.79. The molecule has 0 saturated carbocycles. The average Bonchev–Trinajstić information content (AvgIpc) is 3.32. The van der Waals surface area contributed by atoms with E-state index in [4.69, 9.17) is 34.8 Å². The van der Waals surface area contributed by atoms with E-state index in [1.54, 1.807) is 30.3 Å². The molecule has 0 atom stereocenters. The lowest BCUT2D eigenvalue weighted by Gasteiger charge is -2.13. The Morgan fingerprint density at radius 3 is 2.29 bits per heavy atom. The number of carbonyl (C=O) groups is 1. The van der Waals surface area contributed by atoms with Crippen molar-refractivity contribution in [1.29, 1.82) is 0 Å². The highest BCUT2D eigenvalue weighted by molar-refractivity contribution is 6.39. The second kappa shape index (κ2) is 8.08. The first-order chi connectivity index (χ1) is 15.0. The van der Waals surface area contributed by atoms with Gasteiger partial charge in [-0.25, -0.2) is 4.98 Å². The van der Waals surface area contributed by atoms with Crippen LogP contribution in [0.3, 0.4) is 0 Å². The first-order valence-electron chi connectivity index (χ1n) is 9.76. The van der Waals surface area contributed by atoms with Crippen LogP contribution in [0.2, 0.25) is 15.1 Å². The van der Waals surface area contributed by atoms with Crippen molar-refractivity contribution in [3.63, 3.8) is 0 Å². The molecule has 1 amide bonds. The van der Waals surface area contributed by atoms with Crippen LogP contribution >= 0.6 is 34.8 Å². The number of benzene rings is 3. The molecule has 4 aromatic rings. The molecule has 156 valence electrons. The van der Waals surface area contributed by atoms with E-state index in [9.17, 15) is 4.79 Å². The number of carbonyl (C=O) groups excluding carboxylic acids is 1. The Morgan fingerprint density at radius 2 is 1.61 bits per heavy atom. The maximum absolute atomic E-state index is 12.9. The Bertz CT molecular complexity index is 1270. The number of imidazole rings is 1. The molecular formula is C23H17Cl3N4O. The largest absolute Gasteiger partial charge is 0.349 e. The minimum absolute atomic E-state index is 0.0513. The van der Waals surface area contributed by atoms with Crippen molar-refractivity contribution in [2.75, 3.05) is 5.32 Å². The van der Waals surface area contributed by atoms with E-state index in [0.717, 1.165) is 12.8 Å². The summed E-state index contributed by atoms with van der Waals surface area (Å²) < 4.78 is 0. The van der Waals surface area contributed by atoms with Crippen molar-refractivity contribution in [1.82, 2.24) is 15.3 Å². The fraction of sp³-hybridized carbons (Fsp3) is 0.130. The second-order valence-corrected chi connectivity index (χ2v) is 8.73. The Kier molecular flexibility index (Phi) is 5.26. The number of aromatic nitrogens is 2. The molecule has 0 aliphatic heterocycles. The quantitative estimate of drug-likeness (QED) is 0.334. The van der Waals surface area contributed by atoms with Crippen LogP contribution in [0, 0.1) is 0 Å². The Hall–Kier alpha value is -2.73. The fourth-order valence-electron chi connectivity index (χ4n) is 3.92. The molecule has 0 spiro atoms. The molecule has 1 aliphatic carbocycles. The summed E-state index contributed by atoms with van der Waals surface area (Å²) in [5, 5.41) is 7.49. The zero-order chi connectivity index (χ0) is 21.5. The number of anilines is 2. The minimum Gasteiger partial charge on any atom is -0.349 e. The van der Waals surface area contributed by atoms with E-state index < -0.39 is 0 Å². The molecule has 8 heteroatoms. The summed E-state index contributed by atoms with van der Waals surface area (Å²) in [7, 11) is 0. The Balaban J connectivity index is 1.38. The number of nitrogens with zero attached hydrogens (tertiary/aromatic N) is 1. The summed E-state index contributed by atoms with van der Waals surface area (Å²) in [5.74, 6) is 0.237. The van der Waals surface area contributed by atoms with Gasteiger partial charge in [0, 0.05) is 6.04 Å². The van der Waals surface area contributed by atoms with E-state index in [1.807, 2.05) is 12.1 Å². The summed E-state index contributed by atoms with van der Waals surface area (Å²) in [4.78, 5) is 20.6. The minimum atomic E-state index is -0.212. The summed E-state index contributed by atoms with van der Waals surface area (Å²) >= 11 is 18.9. The van der Waals surface area contributed by atoms with Crippen LogP contribution in [-0.4, -0.2) is 21.9 Å². The number of hydrogen-bond acceptors (Lipinski definition) is 3. The average molecular weight is 472 g/mol. The maximum atomic E-state index is 12.9. The van der Waals surface area contributed by atoms with Crippen LogP contribution in [0.15, 0.2) is 54.6 Å². The van der Waals surface area contributed by atoms with Gasteiger partial charge in [-0.05, 0) is 48.2 Å². The monoisotopic (exact) mass is 470 g/mol. The molecule has 0 unspecified atom stereocenters. The molecule has 1 aromatic heterocycles.